The van der Waals surface area contributed by atoms with Crippen LogP contribution in [0.3, 0.4) is 0 Å². The molecule has 2 aromatic carbocycles. The van der Waals surface area contributed by atoms with E-state index in [1.54, 1.807) is 21.6 Å². The van der Waals surface area contributed by atoms with Crippen molar-refractivity contribution in [3.63, 3.8) is 0 Å². The Morgan fingerprint density at radius 3 is 2.50 bits per heavy atom. The molecular formula is C30H35N3O5S2. The van der Waals surface area contributed by atoms with Crippen LogP contribution in [-0.2, 0) is 32.0 Å². The van der Waals surface area contributed by atoms with Crippen molar-refractivity contribution >= 4 is 46.4 Å². The number of carbonyl (C=O) groups excluding carboxylic acids is 3. The largest absolute Gasteiger partial charge is 0.480 e. The normalized spacial score (nSPS) is 23.5. The Morgan fingerprint density at radius 2 is 1.75 bits per heavy atom. The molecule has 4 atom stereocenters. The van der Waals surface area contributed by atoms with E-state index in [0.717, 1.165) is 46.4 Å². The molecule has 0 aromatic heterocycles. The minimum Gasteiger partial charge on any atom is -0.480 e. The number of carboxylic acids is 1. The summed E-state index contributed by atoms with van der Waals surface area (Å²) in [6, 6.07) is 15.9. The van der Waals surface area contributed by atoms with E-state index in [2.05, 4.69) is 5.32 Å². The van der Waals surface area contributed by atoms with E-state index in [4.69, 9.17) is 0 Å². The minimum atomic E-state index is -0.994. The van der Waals surface area contributed by atoms with Gasteiger partial charge in [-0.05, 0) is 55.2 Å². The van der Waals surface area contributed by atoms with E-state index >= 15 is 0 Å². The molecule has 0 spiro atoms. The molecule has 0 saturated carbocycles. The molecule has 3 heterocycles. The third-order valence-corrected chi connectivity index (χ3v) is 9.94. The van der Waals surface area contributed by atoms with E-state index in [-0.39, 0.29) is 11.9 Å². The van der Waals surface area contributed by atoms with Crippen molar-refractivity contribution in [3.05, 3.63) is 71.3 Å². The zero-order chi connectivity index (χ0) is 28.1. The van der Waals surface area contributed by atoms with Gasteiger partial charge < -0.3 is 14.9 Å². The number of carbonyl (C=O) groups is 4. The van der Waals surface area contributed by atoms with Crippen molar-refractivity contribution in [2.45, 2.75) is 62.0 Å². The number of benzene rings is 2. The van der Waals surface area contributed by atoms with Crippen molar-refractivity contribution in [2.24, 2.45) is 0 Å². The van der Waals surface area contributed by atoms with Gasteiger partial charge in [-0.15, -0.1) is 0 Å². The minimum absolute atomic E-state index is 0.259. The second kappa shape index (κ2) is 13.2. The maximum Gasteiger partial charge on any atom is 0.326 e. The van der Waals surface area contributed by atoms with Crippen LogP contribution < -0.4 is 5.32 Å². The smallest absolute Gasteiger partial charge is 0.326 e. The summed E-state index contributed by atoms with van der Waals surface area (Å²) in [5, 5.41) is 12.4. The first-order valence-corrected chi connectivity index (χ1v) is 16.0. The number of amides is 2. The standard InChI is InChI=1S/C30H35N3O5S2/c34-27-23(19-21-9-4-5-10-22(21)24-11-6-12-25(29(36)37)33(24)27)31-26(14-13-20-7-2-1-3-8-20)40-30(38)28(35)32-15-17-39-18-16-32/h1-5,7-10,23-26,31H,6,11-19H2,(H,36,37)/t23-,24+,25-,26-/m1/s1. The lowest BCUT2D eigenvalue weighted by Crippen LogP contribution is -2.56. The Bertz CT molecular complexity index is 1240. The number of aryl methyl sites for hydroxylation is 1. The highest BCUT2D eigenvalue weighted by atomic mass is 32.2. The summed E-state index contributed by atoms with van der Waals surface area (Å²) >= 11 is 2.72. The number of nitrogens with one attached hydrogen (secondary N) is 1. The van der Waals surface area contributed by atoms with Gasteiger partial charge in [-0.1, -0.05) is 66.4 Å². The van der Waals surface area contributed by atoms with Gasteiger partial charge in [-0.25, -0.2) is 4.79 Å². The van der Waals surface area contributed by atoms with E-state index < -0.39 is 34.4 Å². The lowest BCUT2D eigenvalue weighted by molar-refractivity contribution is -0.156. The number of carboxylic acid groups (broad SMARTS) is 1. The van der Waals surface area contributed by atoms with E-state index in [1.807, 2.05) is 54.6 Å². The van der Waals surface area contributed by atoms with Crippen LogP contribution >= 0.6 is 23.5 Å². The molecule has 8 nitrogen and oxygen atoms in total. The first kappa shape index (κ1) is 28.7. The van der Waals surface area contributed by atoms with Crippen LogP contribution in [0.2, 0.25) is 0 Å². The Morgan fingerprint density at radius 1 is 1.02 bits per heavy atom. The quantitative estimate of drug-likeness (QED) is 0.378. The first-order chi connectivity index (χ1) is 19.4. The van der Waals surface area contributed by atoms with E-state index in [1.165, 1.54) is 0 Å². The number of hydrogen-bond acceptors (Lipinski definition) is 7. The predicted octanol–water partition coefficient (Wildman–Crippen LogP) is 3.50. The summed E-state index contributed by atoms with van der Waals surface area (Å²) < 4.78 is 0. The number of piperidine rings is 1. The summed E-state index contributed by atoms with van der Waals surface area (Å²) in [6.45, 7) is 1.12. The van der Waals surface area contributed by atoms with Crippen molar-refractivity contribution in [3.8, 4) is 0 Å². The highest BCUT2D eigenvalue weighted by molar-refractivity contribution is 8.15. The topological polar surface area (TPSA) is 107 Å². The summed E-state index contributed by atoms with van der Waals surface area (Å²) in [6.07, 6.45) is 3.45. The number of thioether (sulfide) groups is 2. The van der Waals surface area contributed by atoms with Gasteiger partial charge in [0, 0.05) is 24.6 Å². The SMILES string of the molecule is O=C(S[C@H](CCc1ccccc1)N[C@@H]1Cc2ccccc2[C@@H]2CCC[C@H](C(=O)O)N2C1=O)C(=O)N1CCSCC1. The van der Waals surface area contributed by atoms with Crippen LogP contribution in [0.15, 0.2) is 54.6 Å². The summed E-state index contributed by atoms with van der Waals surface area (Å²) in [5.41, 5.74) is 3.10. The summed E-state index contributed by atoms with van der Waals surface area (Å²) in [5.74, 6) is -0.109. The second-order valence-corrected chi connectivity index (χ2v) is 12.9. The fourth-order valence-electron chi connectivity index (χ4n) is 5.94. The molecule has 2 amide bonds. The molecule has 0 aliphatic carbocycles. The molecule has 3 aliphatic heterocycles. The number of nitrogens with zero attached hydrogens (tertiary/aromatic N) is 2. The molecule has 40 heavy (non-hydrogen) atoms. The van der Waals surface area contributed by atoms with Gasteiger partial charge in [0.1, 0.15) is 6.04 Å². The molecule has 2 fully saturated rings. The second-order valence-electron chi connectivity index (χ2n) is 10.5. The lowest BCUT2D eigenvalue weighted by Gasteiger charge is -2.41. The molecule has 3 aliphatic rings. The molecule has 0 bridgehead atoms. The fraction of sp³-hybridized carbons (Fsp3) is 0.467. The van der Waals surface area contributed by atoms with Crippen molar-refractivity contribution in [1.82, 2.24) is 15.1 Å². The Labute approximate surface area is 243 Å². The van der Waals surface area contributed by atoms with Gasteiger partial charge in [-0.2, -0.15) is 11.8 Å². The maximum absolute atomic E-state index is 14.1. The summed E-state index contributed by atoms with van der Waals surface area (Å²) in [7, 11) is 0. The highest BCUT2D eigenvalue weighted by Crippen LogP contribution is 2.39. The van der Waals surface area contributed by atoms with Gasteiger partial charge in [0.05, 0.1) is 17.5 Å². The average molecular weight is 582 g/mol. The number of fused-ring (bicyclic) bond motifs is 3. The molecule has 2 aromatic rings. The van der Waals surface area contributed by atoms with E-state index in [0.29, 0.717) is 45.2 Å². The van der Waals surface area contributed by atoms with E-state index in [9.17, 15) is 24.3 Å². The Balaban J connectivity index is 1.40. The zero-order valence-corrected chi connectivity index (χ0v) is 24.0. The number of hydrogen-bond donors (Lipinski definition) is 2. The third kappa shape index (κ3) is 6.56. The molecule has 2 saturated heterocycles. The molecule has 5 rings (SSSR count). The molecular weight excluding hydrogens is 546 g/mol. The Kier molecular flexibility index (Phi) is 9.49. The van der Waals surface area contributed by atoms with Gasteiger partial charge in [0.15, 0.2) is 0 Å². The molecule has 2 N–H and O–H groups in total. The lowest BCUT2D eigenvalue weighted by atomic mass is 9.89. The molecule has 0 unspecified atom stereocenters. The van der Waals surface area contributed by atoms with Crippen molar-refractivity contribution in [2.75, 3.05) is 24.6 Å². The third-order valence-electron chi connectivity index (χ3n) is 7.95. The maximum atomic E-state index is 14.1. The number of aliphatic carboxylic acids is 1. The molecule has 212 valence electrons. The van der Waals surface area contributed by atoms with Crippen LogP contribution in [0.1, 0.15) is 48.4 Å². The highest BCUT2D eigenvalue weighted by Gasteiger charge is 2.44. The van der Waals surface area contributed by atoms with Crippen LogP contribution in [0, 0.1) is 0 Å². The van der Waals surface area contributed by atoms with Crippen LogP contribution in [0.5, 0.6) is 0 Å². The van der Waals surface area contributed by atoms with Crippen LogP contribution in [-0.4, -0.2) is 79.9 Å². The predicted molar refractivity (Wildman–Crippen MR) is 157 cm³/mol. The monoisotopic (exact) mass is 581 g/mol. The van der Waals surface area contributed by atoms with Gasteiger partial charge >= 0.3 is 11.9 Å². The van der Waals surface area contributed by atoms with Crippen molar-refractivity contribution in [1.29, 1.82) is 0 Å². The fourth-order valence-corrected chi connectivity index (χ4v) is 7.80. The van der Waals surface area contributed by atoms with Crippen LogP contribution in [0.4, 0.5) is 0 Å². The average Bonchev–Trinajstić information content (AvgIpc) is 3.10. The van der Waals surface area contributed by atoms with Crippen molar-refractivity contribution < 1.29 is 24.3 Å². The number of rotatable bonds is 7. The first-order valence-electron chi connectivity index (χ1n) is 13.9. The van der Waals surface area contributed by atoms with Gasteiger partial charge in [0.2, 0.25) is 5.91 Å². The molecule has 0 radical (unpaired) electrons. The van der Waals surface area contributed by atoms with Crippen LogP contribution in [0.25, 0.3) is 0 Å². The Hall–Kier alpha value is -2.82. The van der Waals surface area contributed by atoms with Gasteiger partial charge in [-0.3, -0.25) is 19.7 Å². The van der Waals surface area contributed by atoms with Gasteiger partial charge in [0.25, 0.3) is 5.12 Å². The molecule has 10 heteroatoms. The zero-order valence-electron chi connectivity index (χ0n) is 22.4. The summed E-state index contributed by atoms with van der Waals surface area (Å²) in [4.78, 5) is 55.6.